The van der Waals surface area contributed by atoms with Gasteiger partial charge in [0.25, 0.3) is 0 Å². The van der Waals surface area contributed by atoms with Gasteiger partial charge in [-0.1, -0.05) is 12.1 Å². The summed E-state index contributed by atoms with van der Waals surface area (Å²) in [5.41, 5.74) is 7.58. The number of halogens is 1. The predicted molar refractivity (Wildman–Crippen MR) is 78.5 cm³/mol. The van der Waals surface area contributed by atoms with Crippen molar-refractivity contribution in [1.82, 2.24) is 0 Å². The molecule has 2 aromatic carbocycles. The van der Waals surface area contributed by atoms with E-state index in [1.165, 1.54) is 12.1 Å². The molecule has 112 valence electrons. The van der Waals surface area contributed by atoms with Crippen LogP contribution in [-0.2, 0) is 0 Å². The minimum Gasteiger partial charge on any atom is -0.496 e. The third kappa shape index (κ3) is 3.08. The van der Waals surface area contributed by atoms with Gasteiger partial charge in [0.15, 0.2) is 11.5 Å². The average Bonchev–Trinajstić information content (AvgIpc) is 2.52. The van der Waals surface area contributed by atoms with Crippen LogP contribution in [0.1, 0.15) is 17.2 Å². The normalized spacial score (nSPS) is 11.9. The molecular formula is C16H18FNO3. The van der Waals surface area contributed by atoms with Gasteiger partial charge < -0.3 is 19.9 Å². The lowest BCUT2D eigenvalue weighted by molar-refractivity contribution is 0.347. The van der Waals surface area contributed by atoms with Gasteiger partial charge in [-0.15, -0.1) is 0 Å². The second-order valence-corrected chi connectivity index (χ2v) is 4.48. The number of methoxy groups -OCH3 is 3. The van der Waals surface area contributed by atoms with Gasteiger partial charge in [0.05, 0.1) is 27.4 Å². The summed E-state index contributed by atoms with van der Waals surface area (Å²) in [5, 5.41) is 0. The standard InChI is InChI=1S/C16H18FNO3/c1-19-13-9-15(21-3)14(20-2)8-12(13)16(18)10-5-4-6-11(17)7-10/h4-9,16H,18H2,1-3H3. The largest absolute Gasteiger partial charge is 0.496 e. The molecule has 0 saturated carbocycles. The maximum absolute atomic E-state index is 13.4. The monoisotopic (exact) mass is 291 g/mol. The second-order valence-electron chi connectivity index (χ2n) is 4.48. The van der Waals surface area contributed by atoms with E-state index in [1.54, 1.807) is 45.6 Å². The number of hydrogen-bond acceptors (Lipinski definition) is 4. The van der Waals surface area contributed by atoms with Crippen LogP contribution in [0.15, 0.2) is 36.4 Å². The molecule has 0 radical (unpaired) electrons. The van der Waals surface area contributed by atoms with E-state index in [9.17, 15) is 4.39 Å². The molecule has 21 heavy (non-hydrogen) atoms. The lowest BCUT2D eigenvalue weighted by atomic mass is 9.98. The van der Waals surface area contributed by atoms with E-state index in [1.807, 2.05) is 0 Å². The van der Waals surface area contributed by atoms with E-state index in [-0.39, 0.29) is 5.82 Å². The van der Waals surface area contributed by atoms with Crippen LogP contribution in [0.4, 0.5) is 4.39 Å². The maximum atomic E-state index is 13.4. The van der Waals surface area contributed by atoms with Crippen LogP contribution in [0.2, 0.25) is 0 Å². The lowest BCUT2D eigenvalue weighted by Gasteiger charge is -2.19. The Labute approximate surface area is 123 Å². The number of benzene rings is 2. The molecule has 0 spiro atoms. The molecule has 0 aliphatic heterocycles. The Bertz CT molecular complexity index is 631. The highest BCUT2D eigenvalue weighted by Crippen LogP contribution is 2.38. The molecular weight excluding hydrogens is 273 g/mol. The van der Waals surface area contributed by atoms with E-state index in [0.29, 0.717) is 28.4 Å². The summed E-state index contributed by atoms with van der Waals surface area (Å²) in [6, 6.07) is 9.08. The molecule has 4 nitrogen and oxygen atoms in total. The maximum Gasteiger partial charge on any atom is 0.164 e. The summed E-state index contributed by atoms with van der Waals surface area (Å²) >= 11 is 0. The number of hydrogen-bond donors (Lipinski definition) is 1. The number of rotatable bonds is 5. The zero-order valence-corrected chi connectivity index (χ0v) is 12.2. The summed E-state index contributed by atoms with van der Waals surface area (Å²) < 4.78 is 29.2. The van der Waals surface area contributed by atoms with E-state index >= 15 is 0 Å². The number of nitrogens with two attached hydrogens (primary N) is 1. The fourth-order valence-corrected chi connectivity index (χ4v) is 2.18. The van der Waals surface area contributed by atoms with Gasteiger partial charge in [0.1, 0.15) is 11.6 Å². The Hall–Kier alpha value is -2.27. The first-order chi connectivity index (χ1) is 10.1. The van der Waals surface area contributed by atoms with Crippen molar-refractivity contribution in [2.45, 2.75) is 6.04 Å². The molecule has 2 N–H and O–H groups in total. The summed E-state index contributed by atoms with van der Waals surface area (Å²) in [6.45, 7) is 0. The van der Waals surface area contributed by atoms with Crippen LogP contribution < -0.4 is 19.9 Å². The van der Waals surface area contributed by atoms with E-state index < -0.39 is 6.04 Å². The molecule has 0 aliphatic rings. The van der Waals surface area contributed by atoms with Crippen LogP contribution in [-0.4, -0.2) is 21.3 Å². The molecule has 0 aromatic heterocycles. The topological polar surface area (TPSA) is 53.7 Å². The van der Waals surface area contributed by atoms with Gasteiger partial charge in [-0.05, 0) is 23.8 Å². The molecule has 0 aliphatic carbocycles. The molecule has 2 aromatic rings. The fourth-order valence-electron chi connectivity index (χ4n) is 2.18. The van der Waals surface area contributed by atoms with Crippen LogP contribution in [0.5, 0.6) is 17.2 Å². The van der Waals surface area contributed by atoms with Gasteiger partial charge >= 0.3 is 0 Å². The van der Waals surface area contributed by atoms with Gasteiger partial charge in [-0.25, -0.2) is 4.39 Å². The van der Waals surface area contributed by atoms with Crippen molar-refractivity contribution < 1.29 is 18.6 Å². The highest BCUT2D eigenvalue weighted by molar-refractivity contribution is 5.53. The highest BCUT2D eigenvalue weighted by atomic mass is 19.1. The third-order valence-corrected chi connectivity index (χ3v) is 3.28. The summed E-state index contributed by atoms with van der Waals surface area (Å²) in [5.74, 6) is 1.32. The first-order valence-corrected chi connectivity index (χ1v) is 6.41. The first kappa shape index (κ1) is 15.1. The Morgan fingerprint density at radius 1 is 0.905 bits per heavy atom. The molecule has 2 rings (SSSR count). The minimum atomic E-state index is -0.532. The van der Waals surface area contributed by atoms with Crippen molar-refractivity contribution in [3.8, 4) is 17.2 Å². The molecule has 0 amide bonds. The summed E-state index contributed by atoms with van der Waals surface area (Å²) in [6.07, 6.45) is 0. The minimum absolute atomic E-state index is 0.331. The van der Waals surface area contributed by atoms with Gasteiger partial charge in [0.2, 0.25) is 0 Å². The van der Waals surface area contributed by atoms with Gasteiger partial charge in [-0.2, -0.15) is 0 Å². The van der Waals surface area contributed by atoms with E-state index in [2.05, 4.69) is 0 Å². The number of ether oxygens (including phenoxy) is 3. The Morgan fingerprint density at radius 3 is 2.10 bits per heavy atom. The SMILES string of the molecule is COc1cc(OC)c(C(N)c2cccc(F)c2)cc1OC. The highest BCUT2D eigenvalue weighted by Gasteiger charge is 2.18. The Kier molecular flexibility index (Phi) is 4.65. The smallest absolute Gasteiger partial charge is 0.164 e. The molecule has 0 saturated heterocycles. The van der Waals surface area contributed by atoms with Crippen LogP contribution in [0, 0.1) is 5.82 Å². The zero-order chi connectivity index (χ0) is 15.4. The first-order valence-electron chi connectivity index (χ1n) is 6.41. The fraction of sp³-hybridized carbons (Fsp3) is 0.250. The molecule has 0 fully saturated rings. The molecule has 0 heterocycles. The molecule has 0 bridgehead atoms. The zero-order valence-electron chi connectivity index (χ0n) is 12.2. The summed E-state index contributed by atoms with van der Waals surface area (Å²) in [4.78, 5) is 0. The van der Waals surface area contributed by atoms with Crippen molar-refractivity contribution in [2.24, 2.45) is 5.73 Å². The summed E-state index contributed by atoms with van der Waals surface area (Å²) in [7, 11) is 4.63. The van der Waals surface area contributed by atoms with Crippen molar-refractivity contribution in [2.75, 3.05) is 21.3 Å². The molecule has 5 heteroatoms. The third-order valence-electron chi connectivity index (χ3n) is 3.28. The molecule has 1 atom stereocenters. The quantitative estimate of drug-likeness (QED) is 0.920. The second kappa shape index (κ2) is 6.45. The lowest BCUT2D eigenvalue weighted by Crippen LogP contribution is -2.13. The van der Waals surface area contributed by atoms with Crippen LogP contribution in [0.25, 0.3) is 0 Å². The van der Waals surface area contributed by atoms with Gasteiger partial charge in [0, 0.05) is 11.6 Å². The van der Waals surface area contributed by atoms with Crippen LogP contribution >= 0.6 is 0 Å². The Morgan fingerprint density at radius 2 is 1.52 bits per heavy atom. The average molecular weight is 291 g/mol. The van der Waals surface area contributed by atoms with Gasteiger partial charge in [-0.3, -0.25) is 0 Å². The van der Waals surface area contributed by atoms with Crippen molar-refractivity contribution in [3.63, 3.8) is 0 Å². The van der Waals surface area contributed by atoms with E-state index in [0.717, 1.165) is 0 Å². The van der Waals surface area contributed by atoms with Crippen molar-refractivity contribution in [3.05, 3.63) is 53.3 Å². The van der Waals surface area contributed by atoms with Crippen LogP contribution in [0.3, 0.4) is 0 Å². The predicted octanol–water partition coefficient (Wildman–Crippen LogP) is 2.90. The van der Waals surface area contributed by atoms with Crippen molar-refractivity contribution >= 4 is 0 Å². The Balaban J connectivity index is 2.51. The molecule has 1 unspecified atom stereocenters. The van der Waals surface area contributed by atoms with Crippen molar-refractivity contribution in [1.29, 1.82) is 0 Å². The van der Waals surface area contributed by atoms with E-state index in [4.69, 9.17) is 19.9 Å².